The Morgan fingerprint density at radius 3 is 2.95 bits per heavy atom. The molecule has 3 rings (SSSR count). The molecule has 2 aromatic rings. The van der Waals surface area contributed by atoms with Crippen LogP contribution in [-0.2, 0) is 7.05 Å². The van der Waals surface area contributed by atoms with E-state index in [2.05, 4.69) is 4.98 Å². The van der Waals surface area contributed by atoms with Gasteiger partial charge in [-0.3, -0.25) is 4.79 Å². The molecule has 0 N–H and O–H groups in total. The second kappa shape index (κ2) is 4.71. The zero-order chi connectivity index (χ0) is 15.1. The van der Waals surface area contributed by atoms with E-state index in [9.17, 15) is 14.9 Å². The Morgan fingerprint density at radius 2 is 2.24 bits per heavy atom. The summed E-state index contributed by atoms with van der Waals surface area (Å²) in [7, 11) is 1.59. The first-order valence-electron chi connectivity index (χ1n) is 5.87. The van der Waals surface area contributed by atoms with Crippen LogP contribution in [0.15, 0.2) is 30.3 Å². The van der Waals surface area contributed by atoms with E-state index in [0.717, 1.165) is 0 Å². The number of hydrogen-bond acceptors (Lipinski definition) is 5. The van der Waals surface area contributed by atoms with E-state index in [0.29, 0.717) is 16.3 Å². The molecule has 0 saturated heterocycles. The minimum absolute atomic E-state index is 0.000957. The lowest BCUT2D eigenvalue weighted by atomic mass is 10.1. The Morgan fingerprint density at radius 1 is 1.48 bits per heavy atom. The third-order valence-corrected chi connectivity index (χ3v) is 3.27. The number of aryl methyl sites for hydroxylation is 1. The third kappa shape index (κ3) is 2.17. The molecule has 1 aromatic carbocycles. The van der Waals surface area contributed by atoms with Crippen LogP contribution in [0.1, 0.15) is 16.1 Å². The number of nitro groups is 1. The van der Waals surface area contributed by atoms with E-state index in [1.165, 1.54) is 23.0 Å². The molecule has 1 aliphatic heterocycles. The van der Waals surface area contributed by atoms with Gasteiger partial charge in [-0.1, -0.05) is 11.6 Å². The summed E-state index contributed by atoms with van der Waals surface area (Å²) in [4.78, 5) is 26.2. The number of halogens is 1. The highest BCUT2D eigenvalue weighted by Crippen LogP contribution is 2.34. The highest BCUT2D eigenvalue weighted by molar-refractivity contribution is 6.31. The Kier molecular flexibility index (Phi) is 2.99. The molecule has 0 fully saturated rings. The molecular weight excluding hydrogens is 298 g/mol. The monoisotopic (exact) mass is 305 g/mol. The second-order valence-electron chi connectivity index (χ2n) is 4.40. The average molecular weight is 306 g/mol. The average Bonchev–Trinajstić information content (AvgIpc) is 2.92. The fourth-order valence-electron chi connectivity index (χ4n) is 2.02. The van der Waals surface area contributed by atoms with Gasteiger partial charge in [-0.15, -0.1) is 0 Å². The first-order valence-corrected chi connectivity index (χ1v) is 6.24. The molecule has 0 atom stereocenters. The van der Waals surface area contributed by atoms with Gasteiger partial charge in [0.05, 0.1) is 5.56 Å². The van der Waals surface area contributed by atoms with Gasteiger partial charge in [0.25, 0.3) is 0 Å². The molecule has 0 aliphatic carbocycles. The summed E-state index contributed by atoms with van der Waals surface area (Å²) in [5.41, 5.74) is 0.553. The van der Waals surface area contributed by atoms with Gasteiger partial charge in [0.2, 0.25) is 12.1 Å². The van der Waals surface area contributed by atoms with Crippen LogP contribution in [0, 0.1) is 10.1 Å². The van der Waals surface area contributed by atoms with Crippen LogP contribution in [0.25, 0.3) is 6.08 Å². The normalized spacial score (nSPS) is 15.1. The number of ketones is 1. The molecule has 0 bridgehead atoms. The quantitative estimate of drug-likeness (QED) is 0.483. The lowest BCUT2D eigenvalue weighted by Crippen LogP contribution is -2.01. The molecule has 21 heavy (non-hydrogen) atoms. The van der Waals surface area contributed by atoms with Crippen molar-refractivity contribution in [2.75, 3.05) is 0 Å². The van der Waals surface area contributed by atoms with Gasteiger partial charge < -0.3 is 19.4 Å². The summed E-state index contributed by atoms with van der Waals surface area (Å²) in [6.07, 6.45) is 2.61. The van der Waals surface area contributed by atoms with Gasteiger partial charge in [0, 0.05) is 24.2 Å². The summed E-state index contributed by atoms with van der Waals surface area (Å²) in [5.74, 6) is -0.352. The number of Topliss-reactive ketones (excluding diaryl/α,β-unsaturated/α-hetero) is 1. The van der Waals surface area contributed by atoms with E-state index >= 15 is 0 Å². The highest BCUT2D eigenvalue weighted by Gasteiger charge is 2.29. The fourth-order valence-corrected chi connectivity index (χ4v) is 2.18. The number of fused-ring (bicyclic) bond motifs is 1. The van der Waals surface area contributed by atoms with Crippen LogP contribution in [-0.4, -0.2) is 20.3 Å². The first-order chi connectivity index (χ1) is 9.97. The molecule has 7 nitrogen and oxygen atoms in total. The summed E-state index contributed by atoms with van der Waals surface area (Å²) in [6.45, 7) is 0. The maximum atomic E-state index is 12.2. The number of hydrogen-bond donors (Lipinski definition) is 0. The molecule has 1 aromatic heterocycles. The summed E-state index contributed by atoms with van der Waals surface area (Å²) in [5, 5.41) is 11.3. The van der Waals surface area contributed by atoms with Crippen molar-refractivity contribution in [3.05, 3.63) is 56.7 Å². The van der Waals surface area contributed by atoms with Crippen molar-refractivity contribution < 1.29 is 14.5 Å². The number of carbonyl (C=O) groups is 1. The minimum Gasteiger partial charge on any atom is -0.452 e. The van der Waals surface area contributed by atoms with Crippen molar-refractivity contribution >= 4 is 29.3 Å². The van der Waals surface area contributed by atoms with E-state index in [4.69, 9.17) is 16.3 Å². The number of ether oxygens (including phenoxy) is 1. The second-order valence-corrected chi connectivity index (χ2v) is 4.84. The summed E-state index contributed by atoms with van der Waals surface area (Å²) >= 11 is 5.84. The lowest BCUT2D eigenvalue weighted by Gasteiger charge is -1.99. The topological polar surface area (TPSA) is 87.3 Å². The zero-order valence-electron chi connectivity index (χ0n) is 10.7. The maximum absolute atomic E-state index is 12.2. The van der Waals surface area contributed by atoms with Crippen molar-refractivity contribution in [2.45, 2.75) is 0 Å². The largest absolute Gasteiger partial charge is 0.452 e. The summed E-state index contributed by atoms with van der Waals surface area (Å²) in [6, 6.07) is 4.66. The maximum Gasteiger partial charge on any atom is 0.389 e. The van der Waals surface area contributed by atoms with Crippen LogP contribution in [0.3, 0.4) is 0 Å². The number of nitrogens with zero attached hydrogens (tertiary/aromatic N) is 3. The van der Waals surface area contributed by atoms with Gasteiger partial charge in [-0.2, -0.15) is 0 Å². The molecule has 2 heterocycles. The van der Waals surface area contributed by atoms with Gasteiger partial charge >= 0.3 is 5.82 Å². The number of imidazole rings is 1. The molecule has 0 saturated carbocycles. The Hall–Kier alpha value is -2.67. The lowest BCUT2D eigenvalue weighted by molar-refractivity contribution is -0.389. The summed E-state index contributed by atoms with van der Waals surface area (Å²) < 4.78 is 6.87. The van der Waals surface area contributed by atoms with E-state index in [-0.39, 0.29) is 23.1 Å². The Balaban J connectivity index is 2.06. The van der Waals surface area contributed by atoms with Crippen LogP contribution in [0.2, 0.25) is 5.02 Å². The number of rotatable bonds is 2. The fraction of sp³-hybridized carbons (Fsp3) is 0.0769. The van der Waals surface area contributed by atoms with Crippen molar-refractivity contribution in [2.24, 2.45) is 7.05 Å². The molecule has 1 aliphatic rings. The molecule has 0 radical (unpaired) electrons. The van der Waals surface area contributed by atoms with E-state index in [1.807, 2.05) is 0 Å². The standard InChI is InChI=1S/C13H8ClN3O4/c1-16-6-15-13(17(19)20)9(16)5-11-12(18)8-3-2-7(14)4-10(8)21-11/h2-6H,1H3/b11-5-. The van der Waals surface area contributed by atoms with Crippen molar-refractivity contribution in [1.29, 1.82) is 0 Å². The Bertz CT molecular complexity index is 810. The highest BCUT2D eigenvalue weighted by atomic mass is 35.5. The predicted octanol–water partition coefficient (Wildman–Crippen LogP) is 2.60. The smallest absolute Gasteiger partial charge is 0.389 e. The zero-order valence-corrected chi connectivity index (χ0v) is 11.5. The van der Waals surface area contributed by atoms with Gasteiger partial charge in [0.15, 0.2) is 5.76 Å². The molecule has 106 valence electrons. The van der Waals surface area contributed by atoms with Crippen molar-refractivity contribution in [3.8, 4) is 5.75 Å². The molecular formula is C13H8ClN3O4. The minimum atomic E-state index is -0.615. The molecule has 0 spiro atoms. The number of benzene rings is 1. The van der Waals surface area contributed by atoms with Gasteiger partial charge in [-0.05, 0) is 22.0 Å². The Labute approximate surface area is 123 Å². The van der Waals surface area contributed by atoms with Crippen molar-refractivity contribution in [3.63, 3.8) is 0 Å². The van der Waals surface area contributed by atoms with Crippen LogP contribution < -0.4 is 4.74 Å². The number of carbonyl (C=O) groups excluding carboxylic acids is 1. The van der Waals surface area contributed by atoms with Gasteiger partial charge in [-0.25, -0.2) is 0 Å². The molecule has 0 unspecified atom stereocenters. The number of allylic oxidation sites excluding steroid dienone is 1. The van der Waals surface area contributed by atoms with E-state index < -0.39 is 4.92 Å². The van der Waals surface area contributed by atoms with Crippen LogP contribution in [0.5, 0.6) is 5.75 Å². The van der Waals surface area contributed by atoms with Crippen LogP contribution in [0.4, 0.5) is 5.82 Å². The SMILES string of the molecule is Cn1cnc([N+](=O)[O-])c1/C=C1\Oc2cc(Cl)ccc2C1=O. The van der Waals surface area contributed by atoms with Crippen LogP contribution >= 0.6 is 11.6 Å². The number of aromatic nitrogens is 2. The third-order valence-electron chi connectivity index (χ3n) is 3.04. The first kappa shape index (κ1) is 13.3. The van der Waals surface area contributed by atoms with Gasteiger partial charge in [0.1, 0.15) is 11.4 Å². The van der Waals surface area contributed by atoms with E-state index in [1.54, 1.807) is 19.2 Å². The predicted molar refractivity (Wildman–Crippen MR) is 74.2 cm³/mol. The molecule has 8 heteroatoms. The van der Waals surface area contributed by atoms with Crippen molar-refractivity contribution in [1.82, 2.24) is 9.55 Å². The molecule has 0 amide bonds.